The van der Waals surface area contributed by atoms with Crippen LogP contribution in [-0.2, 0) is 58.1 Å². The number of aryl methyl sites for hydroxylation is 2. The van der Waals surface area contributed by atoms with Gasteiger partial charge in [-0.2, -0.15) is 0 Å². The highest BCUT2D eigenvalue weighted by Gasteiger charge is 2.40. The van der Waals surface area contributed by atoms with Gasteiger partial charge >= 0.3 is 7.82 Å². The van der Waals surface area contributed by atoms with Crippen LogP contribution in [0.15, 0.2) is 65.8 Å². The number of rotatable bonds is 11. The molecule has 0 radical (unpaired) electrons. The lowest BCUT2D eigenvalue weighted by atomic mass is 9.92. The Labute approximate surface area is 424 Å². The molecule has 3 saturated heterocycles. The monoisotopic (exact) mass is 1020 g/mol. The van der Waals surface area contributed by atoms with Crippen LogP contribution in [0.4, 0.5) is 28.7 Å². The first kappa shape index (κ1) is 44.4. The summed E-state index contributed by atoms with van der Waals surface area (Å²) >= 11 is 1.48. The summed E-state index contributed by atoms with van der Waals surface area (Å²) in [4.78, 5) is 107. The van der Waals surface area contributed by atoms with Crippen LogP contribution < -0.4 is 30.9 Å². The average Bonchev–Trinajstić information content (AvgIpc) is 3.94. The zero-order chi connectivity index (χ0) is 52.5. The normalized spacial score (nSPS) is 21.7. The number of anilines is 5. The van der Waals surface area contributed by atoms with Crippen LogP contribution >= 0.6 is 19.2 Å². The molecule has 11 rings (SSSR count). The minimum atomic E-state index is -5.05. The largest absolute Gasteiger partial charge is 0.469 e. The summed E-state index contributed by atoms with van der Waals surface area (Å²) in [5, 5.41) is 5.39. The highest BCUT2D eigenvalue weighted by Crippen LogP contribution is 2.43. The lowest BCUT2D eigenvalue weighted by Gasteiger charge is -2.46. The van der Waals surface area contributed by atoms with Gasteiger partial charge in [0, 0.05) is 115 Å². The van der Waals surface area contributed by atoms with Crippen LogP contribution in [0, 0.1) is 0 Å². The van der Waals surface area contributed by atoms with Gasteiger partial charge in [0.25, 0.3) is 17.4 Å². The van der Waals surface area contributed by atoms with E-state index >= 15 is 0 Å². The molecule has 4 aromatic heterocycles. The Morgan fingerprint density at radius 1 is 0.875 bits per heavy atom. The van der Waals surface area contributed by atoms with E-state index in [2.05, 4.69) is 48.3 Å². The number of thiophene rings is 1. The zero-order valence-corrected chi connectivity index (χ0v) is 41.4. The second-order valence-corrected chi connectivity index (χ2v) is 21.8. The predicted octanol–water partition coefficient (Wildman–Crippen LogP) is 5.28. The molecule has 72 heavy (non-hydrogen) atoms. The van der Waals surface area contributed by atoms with Crippen LogP contribution in [0.25, 0.3) is 11.1 Å². The molecular weight excluding hydrogens is 960 g/mol. The number of pyridine rings is 3. The van der Waals surface area contributed by atoms with Crippen molar-refractivity contribution >= 4 is 71.5 Å². The molecule has 4 N–H and O–H groups in total. The molecule has 0 saturated carbocycles. The standard InChI is InChI=1S/C51H57N10O9PS/c1-30-26-58(33-14-18-57(19-15-33)34-7-9-37-31(23-34)28-61(49(37)64)42-10-12-45(62)55-48(42)63)21-22-59(30)35-8-11-44(53-25-35)54-41-24-32(27-56(2)50(41)65)36-13-17-52-47(40(36)29-70-71(67,68)69)60-20-16-39-38-5-3-4-6-43(38)72-46(39)51(60)66/h7-9,11,13,17,23-25,27,30,33,42H,3-6,10,12,14-16,18-22,26,28-29H2,1-2H3,(H,53,54)(H,55,62,63)(H2,67,68,69)/t30-,42-/m0/s1/i2D3. The average molecular weight is 1020 g/mol. The fraction of sp³-hybridized carbons (Fsp3) is 0.431. The summed E-state index contributed by atoms with van der Waals surface area (Å²) in [5.41, 5.74) is 5.29. The third-order valence-corrected chi connectivity index (χ3v) is 16.9. The summed E-state index contributed by atoms with van der Waals surface area (Å²) in [7, 11) is -5.05. The Hall–Kier alpha value is -6.28. The number of benzene rings is 1. The molecular formula is C51H57N10O9PS. The van der Waals surface area contributed by atoms with Crippen LogP contribution in [0.2, 0.25) is 0 Å². The third-order valence-electron chi connectivity index (χ3n) is 15.2. The van der Waals surface area contributed by atoms with E-state index in [0.29, 0.717) is 40.4 Å². The minimum Gasteiger partial charge on any atom is -0.371 e. The first-order chi connectivity index (χ1) is 35.9. The van der Waals surface area contributed by atoms with Crippen molar-refractivity contribution in [3.8, 4) is 11.1 Å². The Kier molecular flexibility index (Phi) is 11.9. The molecule has 4 amide bonds. The van der Waals surface area contributed by atoms with Gasteiger partial charge in [-0.3, -0.25) is 43.6 Å². The number of imide groups is 1. The van der Waals surface area contributed by atoms with Gasteiger partial charge in [0.1, 0.15) is 23.4 Å². The number of carbonyl (C=O) groups excluding carboxylic acids is 4. The van der Waals surface area contributed by atoms with Gasteiger partial charge < -0.3 is 34.4 Å². The molecule has 9 heterocycles. The first-order valence-corrected chi connectivity index (χ1v) is 26.9. The van der Waals surface area contributed by atoms with E-state index in [4.69, 9.17) is 8.64 Å². The molecule has 1 aromatic carbocycles. The van der Waals surface area contributed by atoms with Gasteiger partial charge in [0.15, 0.2) is 0 Å². The lowest BCUT2D eigenvalue weighted by Crippen LogP contribution is -2.57. The van der Waals surface area contributed by atoms with E-state index in [1.807, 2.05) is 18.2 Å². The van der Waals surface area contributed by atoms with Gasteiger partial charge in [-0.25, -0.2) is 14.5 Å². The molecule has 19 nitrogen and oxygen atoms in total. The number of piperazine rings is 1. The highest BCUT2D eigenvalue weighted by atomic mass is 32.1. The summed E-state index contributed by atoms with van der Waals surface area (Å²) in [6, 6.07) is 12.4. The maximum absolute atomic E-state index is 14.2. The number of hydrogen-bond donors (Lipinski definition) is 4. The fourth-order valence-corrected chi connectivity index (χ4v) is 13.2. The van der Waals surface area contributed by atoms with Crippen molar-refractivity contribution in [2.24, 2.45) is 6.98 Å². The molecule has 3 fully saturated rings. The van der Waals surface area contributed by atoms with Crippen LogP contribution in [0.3, 0.4) is 0 Å². The Morgan fingerprint density at radius 2 is 1.69 bits per heavy atom. The maximum atomic E-state index is 14.2. The molecule has 21 heteroatoms. The Morgan fingerprint density at radius 3 is 2.46 bits per heavy atom. The number of piperidine rings is 2. The molecule has 0 spiro atoms. The lowest BCUT2D eigenvalue weighted by molar-refractivity contribution is -0.136. The second kappa shape index (κ2) is 19.3. The quantitative estimate of drug-likeness (QED) is 0.0977. The number of aromatic nitrogens is 3. The number of hydrogen-bond acceptors (Lipinski definition) is 14. The van der Waals surface area contributed by atoms with E-state index in [0.717, 1.165) is 99.9 Å². The van der Waals surface area contributed by atoms with Gasteiger partial charge in [-0.15, -0.1) is 11.3 Å². The number of nitrogens with one attached hydrogen (secondary N) is 2. The second-order valence-electron chi connectivity index (χ2n) is 19.5. The van der Waals surface area contributed by atoms with Crippen LogP contribution in [0.1, 0.15) is 96.7 Å². The van der Waals surface area contributed by atoms with Gasteiger partial charge in [0.05, 0.1) is 23.4 Å². The van der Waals surface area contributed by atoms with Crippen LogP contribution in [0.5, 0.6) is 0 Å². The van der Waals surface area contributed by atoms with E-state index in [1.54, 1.807) is 17.2 Å². The summed E-state index contributed by atoms with van der Waals surface area (Å²) in [5.74, 6) is -0.811. The fourth-order valence-electron chi connectivity index (χ4n) is 11.5. The van der Waals surface area contributed by atoms with Gasteiger partial charge in [-0.05, 0) is 123 Å². The maximum Gasteiger partial charge on any atom is 0.469 e. The third kappa shape index (κ3) is 9.24. The van der Waals surface area contributed by atoms with E-state index in [-0.39, 0.29) is 70.7 Å². The first-order valence-electron chi connectivity index (χ1n) is 26.1. The van der Waals surface area contributed by atoms with E-state index in [9.17, 15) is 38.3 Å². The van der Waals surface area contributed by atoms with Gasteiger partial charge in [-0.1, -0.05) is 0 Å². The van der Waals surface area contributed by atoms with E-state index < -0.39 is 38.9 Å². The summed E-state index contributed by atoms with van der Waals surface area (Å²) in [6.45, 7) is 3.31. The molecule has 6 aliphatic rings. The highest BCUT2D eigenvalue weighted by molar-refractivity contribution is 7.46. The van der Waals surface area contributed by atoms with Crippen LogP contribution in [-0.4, -0.2) is 115 Å². The minimum absolute atomic E-state index is 0.108. The Balaban J connectivity index is 0.765. The molecule has 1 aliphatic carbocycles. The van der Waals surface area contributed by atoms with Crippen molar-refractivity contribution in [2.75, 3.05) is 59.3 Å². The van der Waals surface area contributed by atoms with Crippen molar-refractivity contribution in [1.29, 1.82) is 0 Å². The smallest absolute Gasteiger partial charge is 0.371 e. The zero-order valence-electron chi connectivity index (χ0n) is 42.7. The number of carbonyl (C=O) groups is 4. The van der Waals surface area contributed by atoms with E-state index in [1.165, 1.54) is 45.0 Å². The molecule has 376 valence electrons. The number of nitrogens with zero attached hydrogens (tertiary/aromatic N) is 8. The van der Waals surface area contributed by atoms with Gasteiger partial charge in [0.2, 0.25) is 11.8 Å². The molecule has 5 aliphatic heterocycles. The number of phosphoric acid groups is 1. The molecule has 0 bridgehead atoms. The summed E-state index contributed by atoms with van der Waals surface area (Å²) in [6.07, 6.45) is 11.3. The number of phosphoric ester groups is 1. The Bertz CT molecular complexity index is 3230. The summed E-state index contributed by atoms with van der Waals surface area (Å²) < 4.78 is 42.7. The molecule has 2 atom stereocenters. The SMILES string of the molecule is [2H]C([2H])([2H])n1cc(-c2ccnc(N3CCc4c(sc5c4CCCC5)C3=O)c2COP(=O)(O)O)cc(Nc2ccc(N3CCN(C4CCN(c5ccc6c(c5)CN([C@H]5CCC(=O)NC5=O)C6=O)CC4)C[C@@H]3C)cn2)c1=O. The van der Waals surface area contributed by atoms with Crippen molar-refractivity contribution < 1.29 is 42.2 Å². The number of fused-ring (bicyclic) bond motifs is 4. The number of amides is 4. The molecule has 0 unspecified atom stereocenters. The topological polar surface area (TPSA) is 223 Å². The van der Waals surface area contributed by atoms with Crippen molar-refractivity contribution in [3.05, 3.63) is 109 Å². The van der Waals surface area contributed by atoms with Crippen molar-refractivity contribution in [1.82, 2.24) is 29.7 Å². The van der Waals surface area contributed by atoms with Crippen molar-refractivity contribution in [3.63, 3.8) is 0 Å². The van der Waals surface area contributed by atoms with Crippen molar-refractivity contribution in [2.45, 2.75) is 96.0 Å². The molecule has 5 aromatic rings. The predicted molar refractivity (Wildman–Crippen MR) is 272 cm³/mol.